The molecule has 0 bridgehead atoms. The van der Waals surface area contributed by atoms with Gasteiger partial charge in [0.1, 0.15) is 0 Å². The second-order valence-electron chi connectivity index (χ2n) is 4.73. The van der Waals surface area contributed by atoms with Gasteiger partial charge in [0, 0.05) is 3.57 Å². The van der Waals surface area contributed by atoms with Gasteiger partial charge in [0.05, 0.1) is 5.38 Å². The van der Waals surface area contributed by atoms with Crippen molar-refractivity contribution in [2.24, 2.45) is 0 Å². The van der Waals surface area contributed by atoms with Gasteiger partial charge >= 0.3 is 0 Å². The molecular weight excluding hydrogens is 355 g/mol. The zero-order chi connectivity index (χ0) is 13.3. The normalized spacial score (nSPS) is 12.5. The minimum absolute atomic E-state index is 0.0670. The molecule has 2 aromatic carbocycles. The van der Waals surface area contributed by atoms with E-state index < -0.39 is 0 Å². The molecule has 2 rings (SSSR count). The van der Waals surface area contributed by atoms with Crippen LogP contribution in [0.4, 0.5) is 0 Å². The van der Waals surface area contributed by atoms with Gasteiger partial charge in [-0.05, 0) is 77.7 Å². The standard InChI is InChI=1S/C16H16ClI/c1-10-8-11(2)15(12(3)9-10)16(17)13-4-6-14(18)7-5-13/h4-9,16H,1-3H3. The molecule has 2 heteroatoms. The van der Waals surface area contributed by atoms with E-state index in [1.165, 1.54) is 25.8 Å². The number of hydrogen-bond donors (Lipinski definition) is 0. The minimum atomic E-state index is -0.0670. The van der Waals surface area contributed by atoms with Crippen molar-refractivity contribution in [2.75, 3.05) is 0 Å². The molecule has 1 unspecified atom stereocenters. The summed E-state index contributed by atoms with van der Waals surface area (Å²) in [7, 11) is 0. The van der Waals surface area contributed by atoms with Crippen molar-refractivity contribution in [3.8, 4) is 0 Å². The summed E-state index contributed by atoms with van der Waals surface area (Å²) in [6.45, 7) is 6.40. The molecule has 0 fully saturated rings. The summed E-state index contributed by atoms with van der Waals surface area (Å²) >= 11 is 8.95. The van der Waals surface area contributed by atoms with Gasteiger partial charge < -0.3 is 0 Å². The van der Waals surface area contributed by atoms with Crippen molar-refractivity contribution >= 4 is 34.2 Å². The zero-order valence-corrected chi connectivity index (χ0v) is 13.7. The third-order valence-electron chi connectivity index (χ3n) is 3.15. The first kappa shape index (κ1) is 13.9. The van der Waals surface area contributed by atoms with Gasteiger partial charge in [0.25, 0.3) is 0 Å². The van der Waals surface area contributed by atoms with Gasteiger partial charge in [0.15, 0.2) is 0 Å². The molecule has 0 spiro atoms. The number of hydrogen-bond acceptors (Lipinski definition) is 0. The van der Waals surface area contributed by atoms with E-state index >= 15 is 0 Å². The topological polar surface area (TPSA) is 0 Å². The van der Waals surface area contributed by atoms with Crippen LogP contribution in [0.25, 0.3) is 0 Å². The van der Waals surface area contributed by atoms with Crippen molar-refractivity contribution in [3.63, 3.8) is 0 Å². The molecular formula is C16H16ClI. The van der Waals surface area contributed by atoms with Gasteiger partial charge in [-0.2, -0.15) is 0 Å². The Balaban J connectivity index is 2.46. The van der Waals surface area contributed by atoms with E-state index in [1.807, 2.05) is 0 Å². The highest BCUT2D eigenvalue weighted by Crippen LogP contribution is 2.34. The zero-order valence-electron chi connectivity index (χ0n) is 10.8. The van der Waals surface area contributed by atoms with E-state index in [1.54, 1.807) is 0 Å². The van der Waals surface area contributed by atoms with Crippen molar-refractivity contribution in [1.82, 2.24) is 0 Å². The Hall–Kier alpha value is -0.540. The van der Waals surface area contributed by atoms with Crippen LogP contribution >= 0.6 is 34.2 Å². The first-order valence-corrected chi connectivity index (χ1v) is 7.48. The van der Waals surface area contributed by atoms with Crippen molar-refractivity contribution in [3.05, 3.63) is 67.8 Å². The van der Waals surface area contributed by atoms with Crippen LogP contribution in [0.1, 0.15) is 33.2 Å². The van der Waals surface area contributed by atoms with Crippen LogP contribution in [-0.2, 0) is 0 Å². The highest BCUT2D eigenvalue weighted by Gasteiger charge is 2.15. The summed E-state index contributed by atoms with van der Waals surface area (Å²) in [5, 5.41) is -0.0670. The number of aryl methyl sites for hydroxylation is 3. The molecule has 0 amide bonds. The Morgan fingerprint density at radius 2 is 1.44 bits per heavy atom. The van der Waals surface area contributed by atoms with Crippen LogP contribution in [0.5, 0.6) is 0 Å². The molecule has 0 N–H and O–H groups in total. The summed E-state index contributed by atoms with van der Waals surface area (Å²) < 4.78 is 1.23. The summed E-state index contributed by atoms with van der Waals surface area (Å²) in [5.41, 5.74) is 6.23. The summed E-state index contributed by atoms with van der Waals surface area (Å²) in [6, 6.07) is 12.8. The first-order valence-electron chi connectivity index (χ1n) is 5.96. The summed E-state index contributed by atoms with van der Waals surface area (Å²) in [6.07, 6.45) is 0. The van der Waals surface area contributed by atoms with Crippen LogP contribution in [-0.4, -0.2) is 0 Å². The molecule has 18 heavy (non-hydrogen) atoms. The minimum Gasteiger partial charge on any atom is -0.113 e. The van der Waals surface area contributed by atoms with E-state index in [-0.39, 0.29) is 5.38 Å². The molecule has 2 aromatic rings. The van der Waals surface area contributed by atoms with E-state index in [2.05, 4.69) is 79.8 Å². The highest BCUT2D eigenvalue weighted by molar-refractivity contribution is 14.1. The maximum absolute atomic E-state index is 6.64. The largest absolute Gasteiger partial charge is 0.113 e. The van der Waals surface area contributed by atoms with E-state index in [4.69, 9.17) is 11.6 Å². The van der Waals surface area contributed by atoms with Crippen LogP contribution in [0.15, 0.2) is 36.4 Å². The van der Waals surface area contributed by atoms with Crippen LogP contribution < -0.4 is 0 Å². The molecule has 0 heterocycles. The molecule has 0 radical (unpaired) electrons. The van der Waals surface area contributed by atoms with E-state index in [0.29, 0.717) is 0 Å². The average molecular weight is 371 g/mol. The first-order chi connectivity index (χ1) is 8.49. The third kappa shape index (κ3) is 2.89. The summed E-state index contributed by atoms with van der Waals surface area (Å²) in [4.78, 5) is 0. The molecule has 0 aliphatic heterocycles. The number of rotatable bonds is 2. The van der Waals surface area contributed by atoms with Gasteiger partial charge in [-0.3, -0.25) is 0 Å². The van der Waals surface area contributed by atoms with E-state index in [9.17, 15) is 0 Å². The van der Waals surface area contributed by atoms with Crippen molar-refractivity contribution in [1.29, 1.82) is 0 Å². The lowest BCUT2D eigenvalue weighted by molar-refractivity contribution is 1.07. The lowest BCUT2D eigenvalue weighted by atomic mass is 9.94. The fourth-order valence-electron chi connectivity index (χ4n) is 2.39. The third-order valence-corrected chi connectivity index (χ3v) is 4.34. The van der Waals surface area contributed by atoms with Gasteiger partial charge in [-0.25, -0.2) is 0 Å². The monoisotopic (exact) mass is 370 g/mol. The fraction of sp³-hybridized carbons (Fsp3) is 0.250. The molecule has 0 nitrogen and oxygen atoms in total. The van der Waals surface area contributed by atoms with Crippen molar-refractivity contribution in [2.45, 2.75) is 26.1 Å². The smallest absolute Gasteiger partial charge is 0.0840 e. The second kappa shape index (κ2) is 5.62. The number of alkyl halides is 1. The number of halogens is 2. The lowest BCUT2D eigenvalue weighted by Gasteiger charge is -2.17. The number of benzene rings is 2. The summed E-state index contributed by atoms with van der Waals surface area (Å²) in [5.74, 6) is 0. The maximum Gasteiger partial charge on any atom is 0.0840 e. The van der Waals surface area contributed by atoms with Crippen LogP contribution in [0.3, 0.4) is 0 Å². The molecule has 1 atom stereocenters. The van der Waals surface area contributed by atoms with Crippen LogP contribution in [0, 0.1) is 24.3 Å². The Bertz CT molecular complexity index is 535. The maximum atomic E-state index is 6.64. The quantitative estimate of drug-likeness (QED) is 0.480. The molecule has 0 aromatic heterocycles. The van der Waals surface area contributed by atoms with Crippen LogP contribution in [0.2, 0.25) is 0 Å². The Morgan fingerprint density at radius 1 is 0.944 bits per heavy atom. The van der Waals surface area contributed by atoms with Crippen molar-refractivity contribution < 1.29 is 0 Å². The predicted octanol–water partition coefficient (Wildman–Crippen LogP) is 5.54. The van der Waals surface area contributed by atoms with Gasteiger partial charge in [-0.15, -0.1) is 11.6 Å². The molecule has 0 aliphatic rings. The molecule has 0 saturated heterocycles. The Labute approximate surface area is 128 Å². The van der Waals surface area contributed by atoms with Gasteiger partial charge in [-0.1, -0.05) is 29.8 Å². The Morgan fingerprint density at radius 3 is 1.94 bits per heavy atom. The molecule has 0 aliphatic carbocycles. The Kier molecular flexibility index (Phi) is 4.33. The average Bonchev–Trinajstić information content (AvgIpc) is 2.28. The predicted molar refractivity (Wildman–Crippen MR) is 87.5 cm³/mol. The fourth-order valence-corrected chi connectivity index (χ4v) is 3.24. The molecule has 0 saturated carbocycles. The molecule has 94 valence electrons. The van der Waals surface area contributed by atoms with Gasteiger partial charge in [0.2, 0.25) is 0 Å². The SMILES string of the molecule is Cc1cc(C)c(C(Cl)c2ccc(I)cc2)c(C)c1. The lowest BCUT2D eigenvalue weighted by Crippen LogP contribution is -2.00. The van der Waals surface area contributed by atoms with E-state index in [0.717, 1.165) is 5.56 Å². The second-order valence-corrected chi connectivity index (χ2v) is 6.41. The highest BCUT2D eigenvalue weighted by atomic mass is 127.